The molecule has 0 aromatic heterocycles. The summed E-state index contributed by atoms with van der Waals surface area (Å²) in [5.41, 5.74) is 0. The van der Waals surface area contributed by atoms with E-state index in [2.05, 4.69) is 9.99 Å². The first kappa shape index (κ1) is 12.8. The van der Waals surface area contributed by atoms with Crippen molar-refractivity contribution in [2.45, 2.75) is 6.42 Å². The summed E-state index contributed by atoms with van der Waals surface area (Å²) in [6.45, 7) is 0. The molecule has 0 aliphatic heterocycles. The monoisotopic (exact) mass is 261 g/mol. The van der Waals surface area contributed by atoms with Crippen molar-refractivity contribution in [3.8, 4) is 5.75 Å². The lowest BCUT2D eigenvalue weighted by Crippen LogP contribution is -2.08. The Morgan fingerprint density at radius 2 is 2.25 bits per heavy atom. The molecule has 0 radical (unpaired) electrons. The Kier molecular flexibility index (Phi) is 5.08. The molecule has 0 atom stereocenters. The van der Waals surface area contributed by atoms with Crippen molar-refractivity contribution in [2.24, 2.45) is 5.16 Å². The highest BCUT2D eigenvalue weighted by Gasteiger charge is 2.07. The second kappa shape index (κ2) is 6.35. The maximum atomic E-state index is 11.3. The number of hydrogen-bond donors (Lipinski definition) is 0. The van der Waals surface area contributed by atoms with Crippen molar-refractivity contribution < 1.29 is 14.4 Å². The fourth-order valence-corrected chi connectivity index (χ4v) is 1.36. The van der Waals surface area contributed by atoms with E-state index in [0.29, 0.717) is 5.02 Å². The normalized spacial score (nSPS) is 10.4. The highest BCUT2D eigenvalue weighted by Crippen LogP contribution is 2.27. The van der Waals surface area contributed by atoms with Crippen molar-refractivity contribution in [2.75, 3.05) is 7.11 Å². The number of carbonyl (C=O) groups excluding carboxylic acids is 1. The van der Waals surface area contributed by atoms with Gasteiger partial charge >= 0.3 is 5.97 Å². The summed E-state index contributed by atoms with van der Waals surface area (Å²) < 4.78 is 4.97. The molecule has 0 spiro atoms. The van der Waals surface area contributed by atoms with Crippen LogP contribution in [-0.2, 0) is 9.63 Å². The second-order valence-electron chi connectivity index (χ2n) is 2.72. The summed E-state index contributed by atoms with van der Waals surface area (Å²) in [5.74, 6) is -0.216. The van der Waals surface area contributed by atoms with Crippen molar-refractivity contribution in [1.29, 1.82) is 0 Å². The maximum absolute atomic E-state index is 11.3. The van der Waals surface area contributed by atoms with Crippen LogP contribution in [0.25, 0.3) is 0 Å². The SMILES string of the molecule is CO/N=C\CC(=O)Oc1ccc(Cl)cc1Cl. The van der Waals surface area contributed by atoms with E-state index in [1.54, 1.807) is 6.07 Å². The zero-order valence-corrected chi connectivity index (χ0v) is 9.96. The number of rotatable bonds is 4. The predicted molar refractivity (Wildman–Crippen MR) is 62.2 cm³/mol. The molecule has 1 aromatic rings. The molecule has 86 valence electrons. The quantitative estimate of drug-likeness (QED) is 0.363. The molecular formula is C10H9Cl2NO3. The molecule has 0 N–H and O–H groups in total. The van der Waals surface area contributed by atoms with Gasteiger partial charge in [-0.25, -0.2) is 0 Å². The number of nitrogens with zero attached hydrogens (tertiary/aromatic N) is 1. The minimum absolute atomic E-state index is 0.00674. The zero-order valence-electron chi connectivity index (χ0n) is 8.44. The molecule has 16 heavy (non-hydrogen) atoms. The molecule has 0 saturated heterocycles. The fourth-order valence-electron chi connectivity index (χ4n) is 0.909. The molecule has 0 amide bonds. The highest BCUT2D eigenvalue weighted by molar-refractivity contribution is 6.35. The number of ether oxygens (including phenoxy) is 1. The fraction of sp³-hybridized carbons (Fsp3) is 0.200. The van der Waals surface area contributed by atoms with E-state index in [4.69, 9.17) is 27.9 Å². The Bertz CT molecular complexity index is 407. The van der Waals surface area contributed by atoms with Gasteiger partial charge in [0.15, 0.2) is 0 Å². The molecule has 0 saturated carbocycles. The van der Waals surface area contributed by atoms with Gasteiger partial charge in [0.05, 0.1) is 17.7 Å². The standard InChI is InChI=1S/C10H9Cl2NO3/c1-15-13-5-4-10(14)16-9-3-2-7(11)6-8(9)12/h2-3,5-6H,4H2,1H3/b13-5-. The van der Waals surface area contributed by atoms with Gasteiger partial charge in [-0.3, -0.25) is 4.79 Å². The first-order valence-electron chi connectivity index (χ1n) is 4.34. The number of oxime groups is 1. The van der Waals surface area contributed by atoms with E-state index in [1.807, 2.05) is 0 Å². The smallest absolute Gasteiger partial charge is 0.316 e. The van der Waals surface area contributed by atoms with Gasteiger partial charge < -0.3 is 9.57 Å². The molecule has 1 aromatic carbocycles. The van der Waals surface area contributed by atoms with Crippen LogP contribution in [0.4, 0.5) is 0 Å². The van der Waals surface area contributed by atoms with Gasteiger partial charge in [0, 0.05) is 5.02 Å². The summed E-state index contributed by atoms with van der Waals surface area (Å²) in [7, 11) is 1.39. The third-order valence-corrected chi connectivity index (χ3v) is 2.09. The largest absolute Gasteiger partial charge is 0.425 e. The van der Waals surface area contributed by atoms with Crippen molar-refractivity contribution in [3.63, 3.8) is 0 Å². The molecule has 0 aliphatic carbocycles. The predicted octanol–water partition coefficient (Wildman–Crippen LogP) is 2.92. The molecule has 4 nitrogen and oxygen atoms in total. The van der Waals surface area contributed by atoms with Crippen molar-refractivity contribution >= 4 is 35.4 Å². The Hall–Kier alpha value is -1.26. The zero-order chi connectivity index (χ0) is 12.0. The van der Waals surface area contributed by atoms with Crippen LogP contribution in [0.3, 0.4) is 0 Å². The molecule has 0 heterocycles. The lowest BCUT2D eigenvalue weighted by Gasteiger charge is -2.04. The minimum atomic E-state index is -0.481. The summed E-state index contributed by atoms with van der Waals surface area (Å²) in [4.78, 5) is 15.7. The lowest BCUT2D eigenvalue weighted by atomic mass is 10.3. The molecule has 0 unspecified atom stereocenters. The molecule has 6 heteroatoms. The maximum Gasteiger partial charge on any atom is 0.316 e. The molecular weight excluding hydrogens is 253 g/mol. The lowest BCUT2D eigenvalue weighted by molar-refractivity contribution is -0.132. The first-order valence-corrected chi connectivity index (χ1v) is 5.10. The summed E-state index contributed by atoms with van der Waals surface area (Å²) in [6.07, 6.45) is 1.30. The van der Waals surface area contributed by atoms with E-state index in [0.717, 1.165) is 0 Å². The Labute approximate surface area is 103 Å². The Morgan fingerprint density at radius 3 is 2.88 bits per heavy atom. The number of halogens is 2. The van der Waals surface area contributed by atoms with Crippen molar-refractivity contribution in [3.05, 3.63) is 28.2 Å². The van der Waals surface area contributed by atoms with Crippen LogP contribution in [0.2, 0.25) is 10.0 Å². The second-order valence-corrected chi connectivity index (χ2v) is 3.57. The van der Waals surface area contributed by atoms with Crippen LogP contribution >= 0.6 is 23.2 Å². The topological polar surface area (TPSA) is 47.9 Å². The molecule has 0 aliphatic rings. The van der Waals surface area contributed by atoms with E-state index in [9.17, 15) is 4.79 Å². The number of carbonyl (C=O) groups is 1. The van der Waals surface area contributed by atoms with Crippen molar-refractivity contribution in [1.82, 2.24) is 0 Å². The van der Waals surface area contributed by atoms with E-state index in [1.165, 1.54) is 25.5 Å². The van der Waals surface area contributed by atoms with Gasteiger partial charge in [0.25, 0.3) is 0 Å². The van der Waals surface area contributed by atoms with E-state index < -0.39 is 5.97 Å². The van der Waals surface area contributed by atoms with Gasteiger partial charge in [-0.05, 0) is 18.2 Å². The van der Waals surface area contributed by atoms with E-state index >= 15 is 0 Å². The number of esters is 1. The van der Waals surface area contributed by atoms with Gasteiger partial charge in [-0.2, -0.15) is 0 Å². The summed E-state index contributed by atoms with van der Waals surface area (Å²) >= 11 is 11.5. The number of benzene rings is 1. The highest BCUT2D eigenvalue weighted by atomic mass is 35.5. The molecule has 0 fully saturated rings. The van der Waals surface area contributed by atoms with Crippen LogP contribution in [0.5, 0.6) is 5.75 Å². The van der Waals surface area contributed by atoms with Crippen LogP contribution in [0, 0.1) is 0 Å². The van der Waals surface area contributed by atoms with Gasteiger partial charge in [0.2, 0.25) is 0 Å². The average molecular weight is 262 g/mol. The minimum Gasteiger partial charge on any atom is -0.425 e. The van der Waals surface area contributed by atoms with Crippen LogP contribution in [0.1, 0.15) is 6.42 Å². The van der Waals surface area contributed by atoms with Crippen LogP contribution in [-0.4, -0.2) is 19.3 Å². The Morgan fingerprint density at radius 1 is 1.50 bits per heavy atom. The van der Waals surface area contributed by atoms with Crippen LogP contribution < -0.4 is 4.74 Å². The molecule has 1 rings (SSSR count). The first-order chi connectivity index (χ1) is 7.63. The average Bonchev–Trinajstić information content (AvgIpc) is 2.23. The molecule has 0 bridgehead atoms. The third kappa shape index (κ3) is 4.08. The summed E-state index contributed by atoms with van der Waals surface area (Å²) in [6, 6.07) is 4.60. The van der Waals surface area contributed by atoms with Gasteiger partial charge in [0.1, 0.15) is 12.9 Å². The summed E-state index contributed by atoms with van der Waals surface area (Å²) in [5, 5.41) is 4.17. The van der Waals surface area contributed by atoms with Crippen LogP contribution in [0.15, 0.2) is 23.4 Å². The van der Waals surface area contributed by atoms with Gasteiger partial charge in [-0.1, -0.05) is 28.4 Å². The number of hydrogen-bond acceptors (Lipinski definition) is 4. The third-order valence-electron chi connectivity index (χ3n) is 1.56. The van der Waals surface area contributed by atoms with E-state index in [-0.39, 0.29) is 17.2 Å². The van der Waals surface area contributed by atoms with Gasteiger partial charge in [-0.15, -0.1) is 0 Å². The Balaban J connectivity index is 2.59.